The number of hydrogen-bond donors (Lipinski definition) is 1. The number of amides is 2. The first-order valence-electron chi connectivity index (χ1n) is 8.64. The number of hydrogen-bond acceptors (Lipinski definition) is 5. The second kappa shape index (κ2) is 9.09. The number of rotatable bonds is 8. The van der Waals surface area contributed by atoms with Crippen molar-refractivity contribution < 1.29 is 18.0 Å². The average Bonchev–Trinajstić information content (AvgIpc) is 3.01. The predicted molar refractivity (Wildman–Crippen MR) is 111 cm³/mol. The fraction of sp³-hybridized carbons (Fsp3) is 0.263. The Bertz CT molecular complexity index is 944. The van der Waals surface area contributed by atoms with E-state index in [1.165, 1.54) is 24.3 Å². The van der Waals surface area contributed by atoms with Gasteiger partial charge in [0.15, 0.2) is 0 Å². The van der Waals surface area contributed by atoms with Crippen LogP contribution in [0.5, 0.6) is 0 Å². The summed E-state index contributed by atoms with van der Waals surface area (Å²) >= 11 is 7.46. The number of nitrogens with zero attached hydrogens (tertiary/aromatic N) is 1. The van der Waals surface area contributed by atoms with Gasteiger partial charge in [-0.2, -0.15) is 11.8 Å². The summed E-state index contributed by atoms with van der Waals surface area (Å²) in [7, 11) is -3.65. The molecule has 1 N–H and O–H groups in total. The van der Waals surface area contributed by atoms with Crippen LogP contribution >= 0.6 is 23.4 Å². The maximum absolute atomic E-state index is 12.4. The molecule has 1 heterocycles. The summed E-state index contributed by atoms with van der Waals surface area (Å²) in [6.07, 6.45) is 0.377. The number of carbonyl (C=O) groups excluding carboxylic acids is 2. The number of nitrogens with one attached hydrogen (secondary N) is 1. The molecule has 1 aliphatic rings. The van der Waals surface area contributed by atoms with E-state index in [4.69, 9.17) is 11.6 Å². The van der Waals surface area contributed by atoms with Crippen LogP contribution in [-0.4, -0.2) is 32.5 Å². The zero-order valence-electron chi connectivity index (χ0n) is 14.9. The molecule has 9 heteroatoms. The molecule has 2 aromatic carbocycles. The highest BCUT2D eigenvalue weighted by molar-refractivity contribution is 7.98. The highest BCUT2D eigenvalue weighted by Gasteiger charge is 2.30. The minimum atomic E-state index is -3.65. The molecule has 0 atom stereocenters. The van der Waals surface area contributed by atoms with Crippen LogP contribution in [0.4, 0.5) is 5.69 Å². The standard InChI is InChI=1S/C19H19ClN2O4S2/c20-15-3-1-14(2-4-15)13-27-12-11-21-28(25,26)17-7-5-16(6-8-17)22-18(23)9-10-19(22)24/h1-8,21H,9-13H2. The first kappa shape index (κ1) is 20.9. The van der Waals surface area contributed by atoms with Crippen molar-refractivity contribution in [2.24, 2.45) is 0 Å². The lowest BCUT2D eigenvalue weighted by molar-refractivity contribution is -0.121. The van der Waals surface area contributed by atoms with Crippen molar-refractivity contribution in [1.82, 2.24) is 4.72 Å². The molecule has 0 aromatic heterocycles. The molecule has 0 bridgehead atoms. The number of imide groups is 1. The molecular weight excluding hydrogens is 420 g/mol. The Balaban J connectivity index is 1.50. The van der Waals surface area contributed by atoms with Crippen LogP contribution in [0, 0.1) is 0 Å². The topological polar surface area (TPSA) is 83.6 Å². The van der Waals surface area contributed by atoms with E-state index in [9.17, 15) is 18.0 Å². The number of sulfonamides is 1. The molecule has 3 rings (SSSR count). The van der Waals surface area contributed by atoms with Gasteiger partial charge in [0.1, 0.15) is 0 Å². The molecule has 0 aliphatic carbocycles. The third kappa shape index (κ3) is 5.14. The Morgan fingerprint density at radius 1 is 0.964 bits per heavy atom. The summed E-state index contributed by atoms with van der Waals surface area (Å²) < 4.78 is 27.3. The van der Waals surface area contributed by atoms with Gasteiger partial charge in [0.05, 0.1) is 10.6 Å². The van der Waals surface area contributed by atoms with Crippen molar-refractivity contribution >= 4 is 50.9 Å². The van der Waals surface area contributed by atoms with Crippen molar-refractivity contribution in [3.8, 4) is 0 Å². The lowest BCUT2D eigenvalue weighted by Crippen LogP contribution is -2.29. The summed E-state index contributed by atoms with van der Waals surface area (Å²) in [5, 5.41) is 0.686. The second-order valence-corrected chi connectivity index (χ2v) is 9.50. The number of anilines is 1. The van der Waals surface area contributed by atoms with E-state index in [2.05, 4.69) is 4.72 Å². The smallest absolute Gasteiger partial charge is 0.240 e. The molecule has 0 spiro atoms. The van der Waals surface area contributed by atoms with E-state index in [0.717, 1.165) is 16.2 Å². The van der Waals surface area contributed by atoms with Gasteiger partial charge >= 0.3 is 0 Å². The van der Waals surface area contributed by atoms with Gasteiger partial charge in [0, 0.05) is 35.9 Å². The zero-order chi connectivity index (χ0) is 20.1. The number of thioether (sulfide) groups is 1. The summed E-state index contributed by atoms with van der Waals surface area (Å²) in [6, 6.07) is 13.3. The van der Waals surface area contributed by atoms with Crippen LogP contribution in [0.1, 0.15) is 18.4 Å². The van der Waals surface area contributed by atoms with Gasteiger partial charge < -0.3 is 0 Å². The molecule has 28 heavy (non-hydrogen) atoms. The van der Waals surface area contributed by atoms with Gasteiger partial charge in [-0.15, -0.1) is 0 Å². The number of carbonyl (C=O) groups is 2. The molecule has 148 valence electrons. The summed E-state index contributed by atoms with van der Waals surface area (Å²) in [6.45, 7) is 0.297. The largest absolute Gasteiger partial charge is 0.274 e. The van der Waals surface area contributed by atoms with Crippen molar-refractivity contribution in [2.45, 2.75) is 23.5 Å². The zero-order valence-corrected chi connectivity index (χ0v) is 17.3. The van der Waals surface area contributed by atoms with Crippen molar-refractivity contribution in [3.63, 3.8) is 0 Å². The van der Waals surface area contributed by atoms with Crippen LogP contribution in [0.2, 0.25) is 5.02 Å². The molecule has 0 radical (unpaired) electrons. The van der Waals surface area contributed by atoms with Gasteiger partial charge in [-0.25, -0.2) is 13.1 Å². The van der Waals surface area contributed by atoms with Crippen LogP contribution < -0.4 is 9.62 Å². The third-order valence-electron chi connectivity index (χ3n) is 4.18. The van der Waals surface area contributed by atoms with Crippen molar-refractivity contribution in [2.75, 3.05) is 17.2 Å². The molecule has 0 saturated carbocycles. The summed E-state index contributed by atoms with van der Waals surface area (Å²) in [5.41, 5.74) is 1.52. The predicted octanol–water partition coefficient (Wildman–Crippen LogP) is 3.21. The SMILES string of the molecule is O=C1CCC(=O)N1c1ccc(S(=O)(=O)NCCSCc2ccc(Cl)cc2)cc1. The lowest BCUT2D eigenvalue weighted by atomic mass is 10.2. The highest BCUT2D eigenvalue weighted by atomic mass is 35.5. The maximum Gasteiger partial charge on any atom is 0.240 e. The van der Waals surface area contributed by atoms with E-state index in [1.807, 2.05) is 24.3 Å². The minimum Gasteiger partial charge on any atom is -0.274 e. The maximum atomic E-state index is 12.4. The van der Waals surface area contributed by atoms with Gasteiger partial charge in [-0.05, 0) is 42.0 Å². The Morgan fingerprint density at radius 3 is 2.18 bits per heavy atom. The van der Waals surface area contributed by atoms with E-state index < -0.39 is 10.0 Å². The Hall–Kier alpha value is -1.87. The fourth-order valence-corrected chi connectivity index (χ4v) is 4.85. The monoisotopic (exact) mass is 438 g/mol. The van der Waals surface area contributed by atoms with E-state index in [-0.39, 0.29) is 29.6 Å². The lowest BCUT2D eigenvalue weighted by Gasteiger charge is -2.14. The van der Waals surface area contributed by atoms with Crippen LogP contribution in [-0.2, 0) is 25.4 Å². The molecule has 0 unspecified atom stereocenters. The van der Waals surface area contributed by atoms with E-state index in [0.29, 0.717) is 23.0 Å². The molecule has 1 aliphatic heterocycles. The minimum absolute atomic E-state index is 0.0954. The quantitative estimate of drug-likeness (QED) is 0.505. The van der Waals surface area contributed by atoms with E-state index >= 15 is 0 Å². The normalized spacial score (nSPS) is 14.7. The van der Waals surface area contributed by atoms with Gasteiger partial charge in [0.25, 0.3) is 0 Å². The van der Waals surface area contributed by atoms with Gasteiger partial charge in [-0.3, -0.25) is 14.5 Å². The Labute approximate surface area is 173 Å². The molecule has 1 saturated heterocycles. The van der Waals surface area contributed by atoms with Crippen molar-refractivity contribution in [3.05, 3.63) is 59.1 Å². The molecule has 2 amide bonds. The Kier molecular flexibility index (Phi) is 6.77. The average molecular weight is 439 g/mol. The molecule has 2 aromatic rings. The van der Waals surface area contributed by atoms with Crippen LogP contribution in [0.25, 0.3) is 0 Å². The van der Waals surface area contributed by atoms with Gasteiger partial charge in [0.2, 0.25) is 21.8 Å². The second-order valence-electron chi connectivity index (χ2n) is 6.19. The molecular formula is C19H19ClN2O4S2. The van der Waals surface area contributed by atoms with Crippen LogP contribution in [0.15, 0.2) is 53.4 Å². The third-order valence-corrected chi connectivity index (χ3v) is 6.94. The molecule has 6 nitrogen and oxygen atoms in total. The fourth-order valence-electron chi connectivity index (χ4n) is 2.74. The van der Waals surface area contributed by atoms with Gasteiger partial charge in [-0.1, -0.05) is 23.7 Å². The Morgan fingerprint density at radius 2 is 1.57 bits per heavy atom. The molecule has 1 fully saturated rings. The van der Waals surface area contributed by atoms with Crippen molar-refractivity contribution in [1.29, 1.82) is 0 Å². The first-order chi connectivity index (χ1) is 13.4. The number of halogens is 1. The first-order valence-corrected chi connectivity index (χ1v) is 11.7. The van der Waals surface area contributed by atoms with Crippen LogP contribution in [0.3, 0.4) is 0 Å². The number of benzene rings is 2. The van der Waals surface area contributed by atoms with E-state index in [1.54, 1.807) is 11.8 Å². The summed E-state index contributed by atoms with van der Waals surface area (Å²) in [4.78, 5) is 24.7. The highest BCUT2D eigenvalue weighted by Crippen LogP contribution is 2.24. The summed E-state index contributed by atoms with van der Waals surface area (Å²) in [5.74, 6) is 0.857.